The minimum Gasteiger partial charge on any atom is -0.373 e. The molecule has 2 atom stereocenters. The third-order valence-corrected chi connectivity index (χ3v) is 6.91. The van der Waals surface area contributed by atoms with Crippen molar-refractivity contribution in [2.75, 3.05) is 51.3 Å². The summed E-state index contributed by atoms with van der Waals surface area (Å²) in [7, 11) is 1.89. The first kappa shape index (κ1) is 20.2. The maximum absolute atomic E-state index is 6.18. The Kier molecular flexibility index (Phi) is 6.72. The summed E-state index contributed by atoms with van der Waals surface area (Å²) < 4.78 is 6.18. The number of ether oxygens (including phenoxy) is 1. The summed E-state index contributed by atoms with van der Waals surface area (Å²) in [6, 6.07) is 13.1. The smallest absolute Gasteiger partial charge is 0.193 e. The Morgan fingerprint density at radius 3 is 2.66 bits per heavy atom. The monoisotopic (exact) mass is 412 g/mol. The van der Waals surface area contributed by atoms with Gasteiger partial charge in [0.25, 0.3) is 0 Å². The molecule has 5 nitrogen and oxygen atoms in total. The number of thiophene rings is 1. The molecule has 0 saturated carbocycles. The van der Waals surface area contributed by atoms with Crippen LogP contribution >= 0.6 is 11.3 Å². The maximum atomic E-state index is 6.18. The van der Waals surface area contributed by atoms with E-state index in [-0.39, 0.29) is 6.10 Å². The SMILES string of the molecule is CN=C(NCC1CCCOC1c1ccc(C)cc1)N1CCN(c2cccs2)CC1. The van der Waals surface area contributed by atoms with Crippen LogP contribution in [0.5, 0.6) is 0 Å². The molecule has 2 saturated heterocycles. The van der Waals surface area contributed by atoms with E-state index in [1.165, 1.54) is 22.5 Å². The summed E-state index contributed by atoms with van der Waals surface area (Å²) in [6.45, 7) is 7.97. The molecule has 1 N–H and O–H groups in total. The number of hydrogen-bond donors (Lipinski definition) is 1. The highest BCUT2D eigenvalue weighted by molar-refractivity contribution is 7.14. The van der Waals surface area contributed by atoms with Gasteiger partial charge in [-0.05, 0) is 42.8 Å². The Morgan fingerprint density at radius 2 is 1.97 bits per heavy atom. The van der Waals surface area contributed by atoms with Gasteiger partial charge in [-0.15, -0.1) is 11.3 Å². The number of guanidine groups is 1. The van der Waals surface area contributed by atoms with Crippen LogP contribution in [0, 0.1) is 12.8 Å². The van der Waals surface area contributed by atoms with Gasteiger partial charge in [-0.3, -0.25) is 4.99 Å². The lowest BCUT2D eigenvalue weighted by atomic mass is 9.89. The Labute approximate surface area is 178 Å². The largest absolute Gasteiger partial charge is 0.373 e. The quantitative estimate of drug-likeness (QED) is 0.610. The van der Waals surface area contributed by atoms with Crippen LogP contribution in [0.4, 0.5) is 5.00 Å². The van der Waals surface area contributed by atoms with Crippen molar-refractivity contribution in [1.29, 1.82) is 0 Å². The van der Waals surface area contributed by atoms with Crippen LogP contribution in [0.2, 0.25) is 0 Å². The third kappa shape index (κ3) is 4.93. The number of anilines is 1. The summed E-state index contributed by atoms with van der Waals surface area (Å²) in [6.07, 6.45) is 2.49. The van der Waals surface area contributed by atoms with Gasteiger partial charge < -0.3 is 19.9 Å². The molecular weight excluding hydrogens is 380 g/mol. The Morgan fingerprint density at radius 1 is 1.17 bits per heavy atom. The zero-order chi connectivity index (χ0) is 20.1. The standard InChI is InChI=1S/C23H32N4OS/c1-18-7-9-19(10-8-18)22-20(5-3-15-28-22)17-25-23(24-2)27-13-11-26(12-14-27)21-6-4-16-29-21/h4,6-10,16,20,22H,3,5,11-15,17H2,1-2H3,(H,24,25). The van der Waals surface area contributed by atoms with Gasteiger partial charge >= 0.3 is 0 Å². The van der Waals surface area contributed by atoms with Gasteiger partial charge in [0.2, 0.25) is 0 Å². The maximum Gasteiger partial charge on any atom is 0.193 e. The minimum atomic E-state index is 0.172. The summed E-state index contributed by atoms with van der Waals surface area (Å²) in [5, 5.41) is 7.17. The molecule has 2 unspecified atom stereocenters. The summed E-state index contributed by atoms with van der Waals surface area (Å²) in [4.78, 5) is 9.42. The number of nitrogens with zero attached hydrogens (tertiary/aromatic N) is 3. The van der Waals surface area contributed by atoms with E-state index >= 15 is 0 Å². The summed E-state index contributed by atoms with van der Waals surface area (Å²) in [5.74, 6) is 1.49. The van der Waals surface area contributed by atoms with Crippen molar-refractivity contribution in [3.8, 4) is 0 Å². The average molecular weight is 413 g/mol. The predicted octanol–water partition coefficient (Wildman–Crippen LogP) is 3.92. The van der Waals surface area contributed by atoms with E-state index in [4.69, 9.17) is 4.74 Å². The normalized spacial score (nSPS) is 23.3. The van der Waals surface area contributed by atoms with Crippen molar-refractivity contribution in [2.24, 2.45) is 10.9 Å². The van der Waals surface area contributed by atoms with E-state index in [1.807, 2.05) is 18.4 Å². The molecule has 2 fully saturated rings. The molecule has 4 rings (SSSR count). The number of hydrogen-bond acceptors (Lipinski definition) is 4. The number of nitrogens with one attached hydrogen (secondary N) is 1. The summed E-state index contributed by atoms with van der Waals surface area (Å²) in [5.41, 5.74) is 2.59. The van der Waals surface area contributed by atoms with Gasteiger partial charge in [0.1, 0.15) is 0 Å². The first-order chi connectivity index (χ1) is 14.2. The van der Waals surface area contributed by atoms with Crippen LogP contribution < -0.4 is 10.2 Å². The van der Waals surface area contributed by atoms with Crippen LogP contribution in [0.1, 0.15) is 30.1 Å². The predicted molar refractivity (Wildman–Crippen MR) is 122 cm³/mol. The lowest BCUT2D eigenvalue weighted by molar-refractivity contribution is -0.0266. The molecule has 2 aliphatic heterocycles. The first-order valence-corrected chi connectivity index (χ1v) is 11.5. The second kappa shape index (κ2) is 9.63. The molecular formula is C23H32N4OS. The van der Waals surface area contributed by atoms with Gasteiger partial charge in [0.15, 0.2) is 5.96 Å². The lowest BCUT2D eigenvalue weighted by Gasteiger charge is -2.38. The molecule has 2 aromatic rings. The molecule has 156 valence electrons. The number of piperazine rings is 1. The van der Waals surface area contributed by atoms with E-state index in [9.17, 15) is 0 Å². The fraction of sp³-hybridized carbons (Fsp3) is 0.522. The molecule has 0 spiro atoms. The highest BCUT2D eigenvalue weighted by atomic mass is 32.1. The fourth-order valence-electron chi connectivity index (χ4n) is 4.32. The lowest BCUT2D eigenvalue weighted by Crippen LogP contribution is -2.53. The van der Waals surface area contributed by atoms with Crippen LogP contribution in [0.15, 0.2) is 46.8 Å². The molecule has 0 aliphatic carbocycles. The van der Waals surface area contributed by atoms with Gasteiger partial charge in [0, 0.05) is 52.3 Å². The van der Waals surface area contributed by atoms with Crippen molar-refractivity contribution >= 4 is 22.3 Å². The molecule has 0 bridgehead atoms. The highest BCUT2D eigenvalue weighted by Crippen LogP contribution is 2.33. The van der Waals surface area contributed by atoms with Crippen LogP contribution in [-0.2, 0) is 4.74 Å². The average Bonchev–Trinajstić information content (AvgIpc) is 3.31. The van der Waals surface area contributed by atoms with Crippen molar-refractivity contribution in [2.45, 2.75) is 25.9 Å². The second-order valence-electron chi connectivity index (χ2n) is 7.96. The highest BCUT2D eigenvalue weighted by Gasteiger charge is 2.28. The van der Waals surface area contributed by atoms with Crippen molar-refractivity contribution < 1.29 is 4.74 Å². The van der Waals surface area contributed by atoms with Crippen molar-refractivity contribution in [1.82, 2.24) is 10.2 Å². The number of aliphatic imine (C=N–C) groups is 1. The van der Waals surface area contributed by atoms with Gasteiger partial charge in [-0.2, -0.15) is 0 Å². The molecule has 6 heteroatoms. The van der Waals surface area contributed by atoms with Crippen molar-refractivity contribution in [3.63, 3.8) is 0 Å². The van der Waals surface area contributed by atoms with Crippen LogP contribution in [-0.4, -0.2) is 57.2 Å². The Bertz CT molecular complexity index is 782. The second-order valence-corrected chi connectivity index (χ2v) is 8.88. The van der Waals surface area contributed by atoms with Gasteiger partial charge in [0.05, 0.1) is 11.1 Å². The van der Waals surface area contributed by atoms with E-state index in [1.54, 1.807) is 0 Å². The number of rotatable bonds is 4. The topological polar surface area (TPSA) is 40.1 Å². The van der Waals surface area contributed by atoms with Gasteiger partial charge in [-0.25, -0.2) is 0 Å². The molecule has 1 aromatic heterocycles. The molecule has 0 amide bonds. The number of benzene rings is 1. The Balaban J connectivity index is 1.33. The first-order valence-electron chi connectivity index (χ1n) is 10.7. The molecule has 3 heterocycles. The zero-order valence-electron chi connectivity index (χ0n) is 17.5. The van der Waals surface area contributed by atoms with Crippen molar-refractivity contribution in [3.05, 3.63) is 52.9 Å². The van der Waals surface area contributed by atoms with Crippen LogP contribution in [0.25, 0.3) is 0 Å². The minimum absolute atomic E-state index is 0.172. The molecule has 0 radical (unpaired) electrons. The Hall–Kier alpha value is -2.05. The molecule has 29 heavy (non-hydrogen) atoms. The van der Waals surface area contributed by atoms with E-state index < -0.39 is 0 Å². The summed E-state index contributed by atoms with van der Waals surface area (Å²) >= 11 is 1.82. The fourth-order valence-corrected chi connectivity index (χ4v) is 5.11. The molecule has 2 aliphatic rings. The third-order valence-electron chi connectivity index (χ3n) is 5.98. The molecule has 1 aromatic carbocycles. The van der Waals surface area contributed by atoms with Gasteiger partial charge in [-0.1, -0.05) is 29.8 Å². The zero-order valence-corrected chi connectivity index (χ0v) is 18.3. The van der Waals surface area contributed by atoms with E-state index in [0.717, 1.165) is 51.7 Å². The van der Waals surface area contributed by atoms with Crippen LogP contribution in [0.3, 0.4) is 0 Å². The van der Waals surface area contributed by atoms with E-state index in [2.05, 4.69) is 68.8 Å². The van der Waals surface area contributed by atoms with E-state index in [0.29, 0.717) is 5.92 Å². The number of aryl methyl sites for hydroxylation is 1.